The van der Waals surface area contributed by atoms with Gasteiger partial charge in [0.25, 0.3) is 5.91 Å². The maximum atomic E-state index is 12.9. The Morgan fingerprint density at radius 2 is 1.90 bits per heavy atom. The molecule has 3 aromatic rings. The number of hydrogen-bond acceptors (Lipinski definition) is 6. The first-order valence-electron chi connectivity index (χ1n) is 9.96. The second-order valence-electron chi connectivity index (χ2n) is 7.37. The van der Waals surface area contributed by atoms with Gasteiger partial charge in [0.05, 0.1) is 34.8 Å². The summed E-state index contributed by atoms with van der Waals surface area (Å²) in [7, 11) is 0. The average Bonchev–Trinajstić information content (AvgIpc) is 3.32. The Balaban J connectivity index is 1.49. The van der Waals surface area contributed by atoms with Crippen molar-refractivity contribution in [2.45, 2.75) is 6.92 Å². The number of carbonyl (C=O) groups is 3. The molecule has 31 heavy (non-hydrogen) atoms. The van der Waals surface area contributed by atoms with E-state index in [0.29, 0.717) is 48.1 Å². The quantitative estimate of drug-likeness (QED) is 0.579. The number of hydrogen-bond donors (Lipinski definition) is 0. The Kier molecular flexibility index (Phi) is 4.88. The van der Waals surface area contributed by atoms with E-state index in [-0.39, 0.29) is 23.3 Å². The summed E-state index contributed by atoms with van der Waals surface area (Å²) in [5.74, 6) is -0.458. The van der Waals surface area contributed by atoms with Crippen molar-refractivity contribution < 1.29 is 19.1 Å². The van der Waals surface area contributed by atoms with Gasteiger partial charge in [-0.3, -0.25) is 19.3 Å². The van der Waals surface area contributed by atoms with E-state index < -0.39 is 0 Å². The second kappa shape index (κ2) is 7.72. The molecule has 156 valence electrons. The molecule has 2 aliphatic heterocycles. The van der Waals surface area contributed by atoms with Crippen LogP contribution in [0.2, 0.25) is 0 Å². The highest BCUT2D eigenvalue weighted by atomic mass is 32.1. The van der Waals surface area contributed by atoms with Crippen molar-refractivity contribution in [2.75, 3.05) is 31.2 Å². The van der Waals surface area contributed by atoms with Crippen LogP contribution >= 0.6 is 11.3 Å². The normalized spacial score (nSPS) is 17.5. The molecule has 7 nitrogen and oxygen atoms in total. The van der Waals surface area contributed by atoms with Gasteiger partial charge in [0, 0.05) is 37.2 Å². The first-order chi connectivity index (χ1) is 15.0. The van der Waals surface area contributed by atoms with Crippen LogP contribution in [0, 0.1) is 0 Å². The van der Waals surface area contributed by atoms with E-state index in [9.17, 15) is 14.4 Å². The van der Waals surface area contributed by atoms with Gasteiger partial charge in [-0.2, -0.15) is 0 Å². The Morgan fingerprint density at radius 1 is 1.13 bits per heavy atom. The summed E-state index contributed by atoms with van der Waals surface area (Å²) in [6.07, 6.45) is 1.65. The minimum atomic E-state index is -0.232. The van der Waals surface area contributed by atoms with E-state index in [0.717, 1.165) is 10.2 Å². The van der Waals surface area contributed by atoms with Crippen LogP contribution in [0.3, 0.4) is 0 Å². The first kappa shape index (κ1) is 19.6. The second-order valence-corrected chi connectivity index (χ2v) is 8.43. The van der Waals surface area contributed by atoms with Crippen molar-refractivity contribution >= 4 is 50.9 Å². The number of Topliss-reactive ketones (excluding diaryl/α,β-unsaturated/α-hetero) is 1. The third-order valence-electron chi connectivity index (χ3n) is 5.39. The van der Waals surface area contributed by atoms with Crippen molar-refractivity contribution in [2.24, 2.45) is 0 Å². The molecule has 0 bridgehead atoms. The lowest BCUT2D eigenvalue weighted by Crippen LogP contribution is -2.40. The molecule has 0 saturated carbocycles. The minimum Gasteiger partial charge on any atom is -0.378 e. The van der Waals surface area contributed by atoms with Gasteiger partial charge in [-0.15, -0.1) is 11.3 Å². The fourth-order valence-electron chi connectivity index (χ4n) is 3.90. The molecule has 3 heterocycles. The van der Waals surface area contributed by atoms with Crippen LogP contribution in [0.4, 0.5) is 5.69 Å². The molecule has 8 heteroatoms. The zero-order valence-corrected chi connectivity index (χ0v) is 17.6. The highest BCUT2D eigenvalue weighted by molar-refractivity contribution is 7.19. The van der Waals surface area contributed by atoms with Gasteiger partial charge < -0.3 is 9.64 Å². The van der Waals surface area contributed by atoms with E-state index in [2.05, 4.69) is 4.98 Å². The number of rotatable bonds is 2. The third kappa shape index (κ3) is 3.43. The summed E-state index contributed by atoms with van der Waals surface area (Å²) in [5, 5.41) is 0.605. The van der Waals surface area contributed by atoms with Crippen LogP contribution in [-0.4, -0.2) is 53.8 Å². The molecule has 0 radical (unpaired) electrons. The predicted octanol–water partition coefficient (Wildman–Crippen LogP) is 3.36. The van der Waals surface area contributed by atoms with Gasteiger partial charge in [-0.1, -0.05) is 12.1 Å². The number of nitrogens with zero attached hydrogens (tertiary/aromatic N) is 3. The van der Waals surface area contributed by atoms with E-state index >= 15 is 0 Å². The Morgan fingerprint density at radius 3 is 2.68 bits per heavy atom. The van der Waals surface area contributed by atoms with Gasteiger partial charge >= 0.3 is 0 Å². The Bertz CT molecular complexity index is 1260. The average molecular weight is 433 g/mol. The minimum absolute atomic E-state index is 0.0253. The number of amides is 2. The number of morpholine rings is 1. The lowest BCUT2D eigenvalue weighted by molar-refractivity contribution is -0.116. The van der Waals surface area contributed by atoms with Crippen LogP contribution < -0.4 is 4.90 Å². The summed E-state index contributed by atoms with van der Waals surface area (Å²) in [6.45, 7) is 3.71. The fraction of sp³-hybridized carbons (Fsp3) is 0.217. The van der Waals surface area contributed by atoms with Crippen molar-refractivity contribution in [1.82, 2.24) is 9.88 Å². The van der Waals surface area contributed by atoms with Crippen LogP contribution in [0.5, 0.6) is 0 Å². The van der Waals surface area contributed by atoms with Gasteiger partial charge in [0.1, 0.15) is 5.01 Å². The van der Waals surface area contributed by atoms with E-state index in [4.69, 9.17) is 4.74 Å². The summed E-state index contributed by atoms with van der Waals surface area (Å²) in [5.41, 5.74) is 2.73. The summed E-state index contributed by atoms with van der Waals surface area (Å²) < 4.78 is 6.17. The number of para-hydroxylation sites is 1. The number of aromatic nitrogens is 1. The molecule has 0 unspecified atom stereocenters. The SMILES string of the molecule is CC(=O)N1/C(=C/c2nc3ccc(C(=O)N4CCOCC4)cc3s2)C(=O)c2ccccc21. The molecule has 0 atom stereocenters. The number of ketones is 1. The smallest absolute Gasteiger partial charge is 0.254 e. The van der Waals surface area contributed by atoms with Crippen LogP contribution in [0.1, 0.15) is 32.6 Å². The van der Waals surface area contributed by atoms with E-state index in [1.807, 2.05) is 12.1 Å². The van der Waals surface area contributed by atoms with Crippen molar-refractivity contribution in [3.63, 3.8) is 0 Å². The van der Waals surface area contributed by atoms with Crippen molar-refractivity contribution in [3.05, 3.63) is 64.3 Å². The molecule has 1 fully saturated rings. The van der Waals surface area contributed by atoms with Crippen molar-refractivity contribution in [3.8, 4) is 0 Å². The number of benzene rings is 2. The molecule has 5 rings (SSSR count). The Hall–Kier alpha value is -3.36. The molecule has 0 spiro atoms. The molecular formula is C23H19N3O4S. The van der Waals surface area contributed by atoms with Crippen molar-refractivity contribution in [1.29, 1.82) is 0 Å². The molecule has 2 aromatic carbocycles. The number of thiazole rings is 1. The lowest BCUT2D eigenvalue weighted by atomic mass is 10.1. The molecule has 1 saturated heterocycles. The molecular weight excluding hydrogens is 414 g/mol. The summed E-state index contributed by atoms with van der Waals surface area (Å²) in [4.78, 5) is 45.7. The standard InChI is InChI=1S/C23H19N3O4S/c1-14(27)26-18-5-3-2-4-16(18)22(28)19(26)13-21-24-17-7-6-15(12-20(17)31-21)23(29)25-8-10-30-11-9-25/h2-7,12-13H,8-11H2,1H3/b19-13+. The third-order valence-corrected chi connectivity index (χ3v) is 6.35. The Labute approximate surface area is 182 Å². The highest BCUT2D eigenvalue weighted by Crippen LogP contribution is 2.36. The molecule has 1 aromatic heterocycles. The predicted molar refractivity (Wildman–Crippen MR) is 118 cm³/mol. The number of carbonyl (C=O) groups excluding carboxylic acids is 3. The molecule has 0 N–H and O–H groups in total. The largest absolute Gasteiger partial charge is 0.378 e. The topological polar surface area (TPSA) is 79.8 Å². The number of anilines is 1. The number of fused-ring (bicyclic) bond motifs is 2. The van der Waals surface area contributed by atoms with Gasteiger partial charge in [-0.25, -0.2) is 4.98 Å². The van der Waals surface area contributed by atoms with E-state index in [1.54, 1.807) is 41.3 Å². The van der Waals surface area contributed by atoms with Gasteiger partial charge in [0.2, 0.25) is 11.7 Å². The monoisotopic (exact) mass is 433 g/mol. The fourth-order valence-corrected chi connectivity index (χ4v) is 4.85. The number of ether oxygens (including phenoxy) is 1. The lowest BCUT2D eigenvalue weighted by Gasteiger charge is -2.26. The summed E-state index contributed by atoms with van der Waals surface area (Å²) in [6, 6.07) is 12.5. The molecule has 2 amide bonds. The van der Waals surface area contributed by atoms with Crippen LogP contribution in [-0.2, 0) is 9.53 Å². The van der Waals surface area contributed by atoms with Gasteiger partial charge in [0.15, 0.2) is 0 Å². The highest BCUT2D eigenvalue weighted by Gasteiger charge is 2.34. The number of allylic oxidation sites excluding steroid dienone is 1. The summed E-state index contributed by atoms with van der Waals surface area (Å²) >= 11 is 1.38. The molecule has 0 aliphatic carbocycles. The van der Waals surface area contributed by atoms with Crippen LogP contribution in [0.25, 0.3) is 16.3 Å². The van der Waals surface area contributed by atoms with Crippen LogP contribution in [0.15, 0.2) is 48.2 Å². The zero-order valence-electron chi connectivity index (χ0n) is 16.8. The maximum absolute atomic E-state index is 12.9. The van der Waals surface area contributed by atoms with Gasteiger partial charge in [-0.05, 0) is 30.3 Å². The van der Waals surface area contributed by atoms with E-state index in [1.165, 1.54) is 23.2 Å². The maximum Gasteiger partial charge on any atom is 0.254 e. The molecule has 2 aliphatic rings. The zero-order chi connectivity index (χ0) is 21.5. The first-order valence-corrected chi connectivity index (χ1v) is 10.8.